The summed E-state index contributed by atoms with van der Waals surface area (Å²) < 4.78 is 5.07. The predicted octanol–water partition coefficient (Wildman–Crippen LogP) is 11.6. The molecule has 0 fully saturated rings. The van der Waals surface area contributed by atoms with Crippen LogP contribution in [0.1, 0.15) is 44.5 Å². The molecule has 2 heteroatoms. The number of rotatable bonds is 0. The first-order valence-corrected chi connectivity index (χ1v) is 18.3. The highest BCUT2D eigenvalue weighted by atomic mass is 15.0. The van der Waals surface area contributed by atoms with E-state index in [9.17, 15) is 0 Å². The lowest BCUT2D eigenvalue weighted by atomic mass is 9.49. The molecule has 2 aromatic heterocycles. The fourth-order valence-corrected chi connectivity index (χ4v) is 11.1. The van der Waals surface area contributed by atoms with Crippen LogP contribution in [0.5, 0.6) is 0 Å². The van der Waals surface area contributed by atoms with Gasteiger partial charge in [-0.2, -0.15) is 0 Å². The van der Waals surface area contributed by atoms with Gasteiger partial charge < -0.3 is 9.13 Å². The molecular weight excluding hydrogens is 629 g/mol. The molecule has 0 radical (unpaired) electrons. The van der Waals surface area contributed by atoms with Crippen molar-refractivity contribution in [2.24, 2.45) is 0 Å². The van der Waals surface area contributed by atoms with Gasteiger partial charge in [-0.05, 0) is 68.8 Å². The third-order valence-electron chi connectivity index (χ3n) is 12.8. The summed E-state index contributed by atoms with van der Waals surface area (Å²) in [5.74, 6) is 0. The molecule has 10 aromatic rings. The number of hydrogen-bond donors (Lipinski definition) is 0. The van der Waals surface area contributed by atoms with E-state index >= 15 is 0 Å². The van der Waals surface area contributed by atoms with Crippen LogP contribution in [0.4, 0.5) is 0 Å². The van der Waals surface area contributed by atoms with Crippen molar-refractivity contribution in [3.63, 3.8) is 0 Å². The zero-order valence-electron chi connectivity index (χ0n) is 28.2. The van der Waals surface area contributed by atoms with Crippen LogP contribution in [-0.2, 0) is 10.8 Å². The van der Waals surface area contributed by atoms with Gasteiger partial charge in [0, 0.05) is 21.5 Å². The summed E-state index contributed by atoms with van der Waals surface area (Å²) in [6, 6.07) is 69.0. The highest BCUT2D eigenvalue weighted by Crippen LogP contribution is 2.65. The van der Waals surface area contributed by atoms with Crippen LogP contribution in [-0.4, -0.2) is 9.13 Å². The molecule has 0 unspecified atom stereocenters. The molecule has 2 aliphatic heterocycles. The number of hydrogen-bond acceptors (Lipinski definition) is 0. The van der Waals surface area contributed by atoms with E-state index in [-0.39, 0.29) is 0 Å². The Balaban J connectivity index is 1.28. The van der Waals surface area contributed by atoms with Crippen LogP contribution in [0, 0.1) is 0 Å². The van der Waals surface area contributed by atoms with Crippen molar-refractivity contribution in [1.29, 1.82) is 0 Å². The second-order valence-electron chi connectivity index (χ2n) is 14.7. The molecule has 2 nitrogen and oxygen atoms in total. The molecule has 240 valence electrons. The Morgan fingerprint density at radius 2 is 0.558 bits per heavy atom. The van der Waals surface area contributed by atoms with Crippen molar-refractivity contribution < 1.29 is 0 Å². The molecule has 0 bridgehead atoms. The summed E-state index contributed by atoms with van der Waals surface area (Å²) in [5, 5.41) is 5.19. The van der Waals surface area contributed by atoms with Crippen LogP contribution in [0.2, 0.25) is 0 Å². The molecule has 3 aliphatic rings. The van der Waals surface area contributed by atoms with Crippen molar-refractivity contribution in [3.8, 4) is 11.4 Å². The van der Waals surface area contributed by atoms with Gasteiger partial charge in [0.1, 0.15) is 0 Å². The van der Waals surface area contributed by atoms with Crippen LogP contribution >= 0.6 is 0 Å². The minimum Gasteiger partial charge on any atom is -0.309 e. The van der Waals surface area contributed by atoms with Crippen LogP contribution in [0.3, 0.4) is 0 Å². The SMILES string of the molecule is c1ccc2c(c1)-n1c3ccccc3c3cccc(c31)C21c2ccccc2C2(c3ccccc3-n3c4ccccc4c4cccc2c43)c2ccccc21. The number of para-hydroxylation sites is 6. The van der Waals surface area contributed by atoms with Crippen molar-refractivity contribution in [2.45, 2.75) is 10.8 Å². The van der Waals surface area contributed by atoms with Crippen molar-refractivity contribution in [2.75, 3.05) is 0 Å². The van der Waals surface area contributed by atoms with Gasteiger partial charge in [-0.25, -0.2) is 0 Å². The Bertz CT molecular complexity index is 2940. The van der Waals surface area contributed by atoms with Gasteiger partial charge >= 0.3 is 0 Å². The number of fused-ring (bicyclic) bond motifs is 20. The number of benzene rings is 8. The van der Waals surface area contributed by atoms with E-state index in [1.807, 2.05) is 0 Å². The molecule has 2 spiro atoms. The first-order chi connectivity index (χ1) is 25.8. The Hall–Kier alpha value is -6.64. The molecule has 8 aromatic carbocycles. The predicted molar refractivity (Wildman–Crippen MR) is 212 cm³/mol. The van der Waals surface area contributed by atoms with Crippen molar-refractivity contribution >= 4 is 43.6 Å². The minimum absolute atomic E-state index is 0.550. The zero-order chi connectivity index (χ0) is 33.8. The zero-order valence-corrected chi connectivity index (χ0v) is 28.2. The van der Waals surface area contributed by atoms with Crippen LogP contribution in [0.25, 0.3) is 55.0 Å². The highest BCUT2D eigenvalue weighted by Gasteiger charge is 2.58. The number of nitrogens with zero attached hydrogens (tertiary/aromatic N) is 2. The van der Waals surface area contributed by atoms with E-state index in [1.54, 1.807) is 0 Å². The lowest BCUT2D eigenvalue weighted by molar-refractivity contribution is 0.606. The van der Waals surface area contributed by atoms with Crippen LogP contribution < -0.4 is 0 Å². The molecule has 4 heterocycles. The Morgan fingerprint density at radius 1 is 0.250 bits per heavy atom. The van der Waals surface area contributed by atoms with Gasteiger partial charge in [-0.1, -0.05) is 158 Å². The Labute approximate surface area is 300 Å². The topological polar surface area (TPSA) is 9.86 Å². The normalized spacial score (nSPS) is 18.9. The van der Waals surface area contributed by atoms with E-state index in [0.29, 0.717) is 0 Å². The molecule has 52 heavy (non-hydrogen) atoms. The molecule has 0 atom stereocenters. The maximum absolute atomic E-state index is 2.53. The summed E-state index contributed by atoms with van der Waals surface area (Å²) in [6.07, 6.45) is 0. The second-order valence-corrected chi connectivity index (χ2v) is 14.7. The highest BCUT2D eigenvalue weighted by molar-refractivity contribution is 6.14. The van der Waals surface area contributed by atoms with Gasteiger partial charge in [-0.3, -0.25) is 0 Å². The van der Waals surface area contributed by atoms with Gasteiger partial charge in [0.2, 0.25) is 0 Å². The summed E-state index contributed by atoms with van der Waals surface area (Å²) in [7, 11) is 0. The molecule has 13 rings (SSSR count). The van der Waals surface area contributed by atoms with E-state index in [4.69, 9.17) is 0 Å². The van der Waals surface area contributed by atoms with Crippen LogP contribution in [0.15, 0.2) is 182 Å². The first kappa shape index (κ1) is 27.1. The summed E-state index contributed by atoms with van der Waals surface area (Å²) in [6.45, 7) is 0. The molecular formula is C50H30N2. The van der Waals surface area contributed by atoms with E-state index in [1.165, 1.54) is 99.5 Å². The lowest BCUT2D eigenvalue weighted by Gasteiger charge is -2.53. The molecule has 0 N–H and O–H groups in total. The molecule has 1 aliphatic carbocycles. The van der Waals surface area contributed by atoms with E-state index in [0.717, 1.165) is 0 Å². The monoisotopic (exact) mass is 658 g/mol. The fraction of sp³-hybridized carbons (Fsp3) is 0.0400. The smallest absolute Gasteiger partial charge is 0.0748 e. The summed E-state index contributed by atoms with van der Waals surface area (Å²) >= 11 is 0. The lowest BCUT2D eigenvalue weighted by Crippen LogP contribution is -2.48. The van der Waals surface area contributed by atoms with Gasteiger partial charge in [0.15, 0.2) is 0 Å². The maximum Gasteiger partial charge on any atom is 0.0748 e. The molecule has 0 amide bonds. The minimum atomic E-state index is -0.550. The second kappa shape index (κ2) is 9.17. The average Bonchev–Trinajstić information content (AvgIpc) is 3.74. The third-order valence-corrected chi connectivity index (χ3v) is 12.8. The van der Waals surface area contributed by atoms with Crippen molar-refractivity contribution in [3.05, 3.63) is 226 Å². The average molecular weight is 659 g/mol. The maximum atomic E-state index is 2.53. The van der Waals surface area contributed by atoms with E-state index in [2.05, 4.69) is 191 Å². The van der Waals surface area contributed by atoms with E-state index < -0.39 is 10.8 Å². The molecule has 0 saturated heterocycles. The van der Waals surface area contributed by atoms with Gasteiger partial charge in [0.05, 0.1) is 44.3 Å². The Morgan fingerprint density at radius 3 is 0.981 bits per heavy atom. The van der Waals surface area contributed by atoms with Gasteiger partial charge in [0.25, 0.3) is 0 Å². The largest absolute Gasteiger partial charge is 0.309 e. The summed E-state index contributed by atoms with van der Waals surface area (Å²) in [5.41, 5.74) is 17.2. The fourth-order valence-electron chi connectivity index (χ4n) is 11.1. The number of aromatic nitrogens is 2. The van der Waals surface area contributed by atoms with Gasteiger partial charge in [-0.15, -0.1) is 0 Å². The quantitative estimate of drug-likeness (QED) is 0.153. The Kier molecular flexibility index (Phi) is 4.78. The third kappa shape index (κ3) is 2.78. The molecule has 0 saturated carbocycles. The summed E-state index contributed by atoms with van der Waals surface area (Å²) in [4.78, 5) is 0. The standard InChI is InChI=1S/C50H30N2/c1-9-27-43-31(15-1)33-17-13-25-41-47(33)51(43)45-29-11-7-23-39(45)49(41)35-19-3-5-21-37(35)50(38-22-6-4-20-36(38)49)40-24-8-12-30-46(40)52-44-28-10-2-16-32(44)34-18-14-26-42(50)48(34)52/h1-30H. The first-order valence-electron chi connectivity index (χ1n) is 18.3. The van der Waals surface area contributed by atoms with Crippen molar-refractivity contribution in [1.82, 2.24) is 9.13 Å².